The number of carbonyl (C=O) groups excluding carboxylic acids is 2. The standard InChI is InChI=1S/C26H39NO6/c1-17(5-8-21-14-26(16-31-26)15-22(33-21)11-12-28)6-9-24-18(2)13-23(20(4)32-24)27-25(30)10-7-19(3)29/h5-8,10,12,18-24,29H,9,11,13-16H2,1-4H3,(H,27,30)/b8-5+,10-7-,17-6+/t18?,19?,20?,21?,22-,23?,24?,26?/m1/s1. The molecule has 3 fully saturated rings. The van der Waals surface area contributed by atoms with Crippen molar-refractivity contribution in [3.63, 3.8) is 0 Å². The lowest BCUT2D eigenvalue weighted by Crippen LogP contribution is -2.50. The van der Waals surface area contributed by atoms with E-state index < -0.39 is 6.10 Å². The number of aliphatic hydroxyl groups is 1. The fourth-order valence-corrected chi connectivity index (χ4v) is 4.71. The number of allylic oxidation sites excluding steroid dienone is 2. The normalized spacial score (nSPS) is 38.0. The number of hydrogen-bond donors (Lipinski definition) is 2. The predicted molar refractivity (Wildman–Crippen MR) is 126 cm³/mol. The third kappa shape index (κ3) is 7.88. The number of ether oxygens (including phenoxy) is 3. The van der Waals surface area contributed by atoms with Gasteiger partial charge in [0.15, 0.2) is 0 Å². The van der Waals surface area contributed by atoms with Crippen LogP contribution in [0.1, 0.15) is 59.8 Å². The van der Waals surface area contributed by atoms with Crippen LogP contribution in [0.4, 0.5) is 0 Å². The van der Waals surface area contributed by atoms with Gasteiger partial charge in [-0.1, -0.05) is 36.8 Å². The van der Waals surface area contributed by atoms with Crippen molar-refractivity contribution in [3.8, 4) is 0 Å². The average molecular weight is 462 g/mol. The van der Waals surface area contributed by atoms with Crippen molar-refractivity contribution in [3.05, 3.63) is 36.0 Å². The Morgan fingerprint density at radius 2 is 1.97 bits per heavy atom. The Kier molecular flexibility index (Phi) is 9.04. The number of epoxide rings is 1. The summed E-state index contributed by atoms with van der Waals surface area (Å²) < 4.78 is 17.9. The highest BCUT2D eigenvalue weighted by Gasteiger charge is 2.51. The van der Waals surface area contributed by atoms with E-state index in [1.54, 1.807) is 6.92 Å². The Morgan fingerprint density at radius 3 is 2.64 bits per heavy atom. The Hall–Kier alpha value is -1.80. The van der Waals surface area contributed by atoms with Crippen LogP contribution in [0, 0.1) is 5.92 Å². The van der Waals surface area contributed by atoms with Crippen LogP contribution in [0.3, 0.4) is 0 Å². The highest BCUT2D eigenvalue weighted by atomic mass is 16.6. The molecule has 0 aromatic heterocycles. The zero-order valence-corrected chi connectivity index (χ0v) is 20.2. The number of carbonyl (C=O) groups is 2. The first-order valence-electron chi connectivity index (χ1n) is 12.1. The largest absolute Gasteiger partial charge is 0.389 e. The van der Waals surface area contributed by atoms with Crippen LogP contribution in [-0.2, 0) is 23.8 Å². The summed E-state index contributed by atoms with van der Waals surface area (Å²) in [5, 5.41) is 12.3. The van der Waals surface area contributed by atoms with Crippen LogP contribution in [0.25, 0.3) is 0 Å². The summed E-state index contributed by atoms with van der Waals surface area (Å²) in [5.41, 5.74) is 1.06. The SMILES string of the molecule is CC(/C=C/C1CC2(CO2)C[C@@H](CC=O)O1)=C\CC1OC(C)C(NC(=O)/C=C\C(C)O)CC1C. The van der Waals surface area contributed by atoms with Crippen molar-refractivity contribution >= 4 is 12.2 Å². The molecule has 3 rings (SSSR count). The topological polar surface area (TPSA) is 97.4 Å². The van der Waals surface area contributed by atoms with Crippen LogP contribution in [0.2, 0.25) is 0 Å². The van der Waals surface area contributed by atoms with Gasteiger partial charge in [-0.25, -0.2) is 0 Å². The van der Waals surface area contributed by atoms with Gasteiger partial charge >= 0.3 is 0 Å². The highest BCUT2D eigenvalue weighted by Crippen LogP contribution is 2.42. The van der Waals surface area contributed by atoms with Crippen molar-refractivity contribution in [1.29, 1.82) is 0 Å². The van der Waals surface area contributed by atoms with Crippen molar-refractivity contribution in [1.82, 2.24) is 5.32 Å². The van der Waals surface area contributed by atoms with Gasteiger partial charge in [0.2, 0.25) is 5.91 Å². The minimum Gasteiger partial charge on any atom is -0.389 e. The summed E-state index contributed by atoms with van der Waals surface area (Å²) in [4.78, 5) is 22.9. The second-order valence-electron chi connectivity index (χ2n) is 9.93. The van der Waals surface area contributed by atoms with Crippen LogP contribution >= 0.6 is 0 Å². The highest BCUT2D eigenvalue weighted by molar-refractivity contribution is 5.87. The maximum Gasteiger partial charge on any atom is 0.244 e. The van der Waals surface area contributed by atoms with Gasteiger partial charge < -0.3 is 29.4 Å². The molecule has 7 heteroatoms. The molecule has 0 saturated carbocycles. The van der Waals surface area contributed by atoms with E-state index in [4.69, 9.17) is 14.2 Å². The molecule has 8 atom stereocenters. The molecule has 0 bridgehead atoms. The third-order valence-electron chi connectivity index (χ3n) is 6.77. The number of amides is 1. The van der Waals surface area contributed by atoms with E-state index in [0.717, 1.165) is 44.1 Å². The molecule has 0 aromatic rings. The number of hydrogen-bond acceptors (Lipinski definition) is 6. The zero-order valence-electron chi connectivity index (χ0n) is 20.2. The third-order valence-corrected chi connectivity index (χ3v) is 6.77. The summed E-state index contributed by atoms with van der Waals surface area (Å²) in [6, 6.07) is -0.0490. The van der Waals surface area contributed by atoms with Gasteiger partial charge in [0.25, 0.3) is 0 Å². The van der Waals surface area contributed by atoms with Gasteiger partial charge in [-0.15, -0.1) is 0 Å². The van der Waals surface area contributed by atoms with E-state index in [1.807, 2.05) is 6.92 Å². The fourth-order valence-electron chi connectivity index (χ4n) is 4.71. The Labute approximate surface area is 197 Å². The molecule has 0 aromatic carbocycles. The second kappa shape index (κ2) is 11.6. The molecule has 3 aliphatic heterocycles. The summed E-state index contributed by atoms with van der Waals surface area (Å²) in [6.07, 6.45) is 13.1. The van der Waals surface area contributed by atoms with Crippen molar-refractivity contribution in [2.24, 2.45) is 5.92 Å². The lowest BCUT2D eigenvalue weighted by molar-refractivity contribution is -0.123. The van der Waals surface area contributed by atoms with Crippen LogP contribution < -0.4 is 5.32 Å². The first-order chi connectivity index (χ1) is 15.7. The molecule has 7 unspecified atom stereocenters. The molecule has 184 valence electrons. The minimum atomic E-state index is -0.645. The zero-order chi connectivity index (χ0) is 24.0. The number of aldehydes is 1. The molecule has 1 amide bonds. The maximum atomic E-state index is 12.1. The molecular formula is C26H39NO6. The van der Waals surface area contributed by atoms with Gasteiger partial charge in [0.05, 0.1) is 48.8 Å². The summed E-state index contributed by atoms with van der Waals surface area (Å²) in [7, 11) is 0. The minimum absolute atomic E-state index is 0.0355. The summed E-state index contributed by atoms with van der Waals surface area (Å²) in [6.45, 7) is 8.58. The molecular weight excluding hydrogens is 422 g/mol. The Bertz CT molecular complexity index is 769. The molecule has 3 saturated heterocycles. The molecule has 0 radical (unpaired) electrons. The van der Waals surface area contributed by atoms with Crippen LogP contribution in [0.5, 0.6) is 0 Å². The molecule has 3 heterocycles. The fraction of sp³-hybridized carbons (Fsp3) is 0.692. The van der Waals surface area contributed by atoms with E-state index >= 15 is 0 Å². The molecule has 2 N–H and O–H groups in total. The first kappa shape index (κ1) is 25.8. The van der Waals surface area contributed by atoms with Crippen LogP contribution in [-0.4, -0.2) is 66.1 Å². The average Bonchev–Trinajstić information content (AvgIpc) is 3.49. The predicted octanol–water partition coefficient (Wildman–Crippen LogP) is 3.02. The van der Waals surface area contributed by atoms with E-state index in [-0.39, 0.29) is 42.0 Å². The van der Waals surface area contributed by atoms with E-state index in [1.165, 1.54) is 12.2 Å². The van der Waals surface area contributed by atoms with E-state index in [9.17, 15) is 14.7 Å². The smallest absolute Gasteiger partial charge is 0.244 e. The monoisotopic (exact) mass is 461 g/mol. The number of aliphatic hydroxyl groups excluding tert-OH is 1. The summed E-state index contributed by atoms with van der Waals surface area (Å²) >= 11 is 0. The van der Waals surface area contributed by atoms with E-state index in [2.05, 4.69) is 37.4 Å². The molecule has 0 aliphatic carbocycles. The maximum absolute atomic E-state index is 12.1. The second-order valence-corrected chi connectivity index (χ2v) is 9.93. The van der Waals surface area contributed by atoms with E-state index in [0.29, 0.717) is 12.3 Å². The van der Waals surface area contributed by atoms with Gasteiger partial charge in [0.1, 0.15) is 6.29 Å². The molecule has 33 heavy (non-hydrogen) atoms. The van der Waals surface area contributed by atoms with Crippen molar-refractivity contribution < 1.29 is 28.9 Å². The Morgan fingerprint density at radius 1 is 1.21 bits per heavy atom. The summed E-state index contributed by atoms with van der Waals surface area (Å²) in [5.74, 6) is 0.0968. The van der Waals surface area contributed by atoms with Gasteiger partial charge in [-0.2, -0.15) is 0 Å². The number of nitrogens with one attached hydrogen (secondary N) is 1. The van der Waals surface area contributed by atoms with Gasteiger partial charge in [0, 0.05) is 25.3 Å². The van der Waals surface area contributed by atoms with Gasteiger partial charge in [-0.3, -0.25) is 4.79 Å². The Balaban J connectivity index is 1.48. The quantitative estimate of drug-likeness (QED) is 0.237. The van der Waals surface area contributed by atoms with Crippen molar-refractivity contribution in [2.45, 2.75) is 102 Å². The molecule has 3 aliphatic rings. The lowest BCUT2D eigenvalue weighted by atomic mass is 9.88. The van der Waals surface area contributed by atoms with Crippen molar-refractivity contribution in [2.75, 3.05) is 6.61 Å². The van der Waals surface area contributed by atoms with Gasteiger partial charge in [-0.05, 0) is 39.5 Å². The molecule has 1 spiro atoms. The van der Waals surface area contributed by atoms with Crippen LogP contribution in [0.15, 0.2) is 36.0 Å². The first-order valence-corrected chi connectivity index (χ1v) is 12.1. The number of rotatable bonds is 9. The lowest BCUT2D eigenvalue weighted by Gasteiger charge is -2.39. The molecule has 7 nitrogen and oxygen atoms in total.